The summed E-state index contributed by atoms with van der Waals surface area (Å²) in [6, 6.07) is 55.1. The molecule has 12 aromatic rings. The van der Waals surface area contributed by atoms with Crippen molar-refractivity contribution in [3.63, 3.8) is 0 Å². The fourth-order valence-electron chi connectivity index (χ4n) is 10.2. The molecule has 0 atom stereocenters. The summed E-state index contributed by atoms with van der Waals surface area (Å²) < 4.78 is 48.4. The van der Waals surface area contributed by atoms with Crippen molar-refractivity contribution in [2.45, 2.75) is 77.8 Å². The molecule has 2 fully saturated rings. The van der Waals surface area contributed by atoms with Gasteiger partial charge in [-0.15, -0.1) is 0 Å². The van der Waals surface area contributed by atoms with Gasteiger partial charge in [-0.25, -0.2) is 0 Å². The van der Waals surface area contributed by atoms with E-state index in [9.17, 15) is 0 Å². The molecule has 3 aromatic heterocycles. The van der Waals surface area contributed by atoms with Crippen molar-refractivity contribution in [2.24, 2.45) is 0 Å². The molecule has 9 nitrogen and oxygen atoms in total. The zero-order chi connectivity index (χ0) is 49.7. The quantitative estimate of drug-likeness (QED) is 0.173. The van der Waals surface area contributed by atoms with E-state index in [0.717, 1.165) is 87.5 Å². The predicted molar refractivity (Wildman–Crippen MR) is 294 cm³/mol. The summed E-state index contributed by atoms with van der Waals surface area (Å²) in [6.45, 7) is 16.6. The third-order valence-electron chi connectivity index (χ3n) is 15.4. The molecule has 2 aliphatic rings. The lowest BCUT2D eigenvalue weighted by molar-refractivity contribution is 0.00578. The first-order chi connectivity index (χ1) is 34.6. The monoisotopic (exact) mass is 949 g/mol. The van der Waals surface area contributed by atoms with E-state index in [4.69, 9.17) is 41.5 Å². The lowest BCUT2D eigenvalue weighted by atomic mass is 9.76. The van der Waals surface area contributed by atoms with Gasteiger partial charge in [0.05, 0.1) is 27.8 Å². The van der Waals surface area contributed by atoms with Crippen LogP contribution in [0, 0.1) is 0 Å². The highest BCUT2D eigenvalue weighted by Crippen LogP contribution is 2.42. The summed E-state index contributed by atoms with van der Waals surface area (Å²) in [7, 11) is -0.0913. The summed E-state index contributed by atoms with van der Waals surface area (Å²) in [6.07, 6.45) is 0. The van der Waals surface area contributed by atoms with E-state index in [-0.39, 0.29) is 29.5 Å². The molecule has 0 aliphatic carbocycles. The van der Waals surface area contributed by atoms with Crippen molar-refractivity contribution in [1.29, 1.82) is 0 Å². The molecule has 1 N–H and O–H groups in total. The van der Waals surface area contributed by atoms with Crippen molar-refractivity contribution < 1.29 is 41.5 Å². The third kappa shape index (κ3) is 7.55. The maximum atomic E-state index is 8.92. The molecule has 0 unspecified atom stereocenters. The summed E-state index contributed by atoms with van der Waals surface area (Å²) in [4.78, 5) is 0. The molecule has 2 aliphatic heterocycles. The molecule has 12 heteroatoms. The van der Waals surface area contributed by atoms with Gasteiger partial charge in [0, 0.05) is 26.9 Å². The van der Waals surface area contributed by atoms with Gasteiger partial charge in [-0.1, -0.05) is 121 Å². The Morgan fingerprint density at radius 2 is 0.792 bits per heavy atom. The Balaban J connectivity index is 0.000000112. The second kappa shape index (κ2) is 17.0. The molecule has 0 bridgehead atoms. The minimum Gasteiger partial charge on any atom is -0.537 e. The SMILES string of the molecule is CC1(C)OB(c2ccc3oc4ccc5ccccc5c4c3c2)OC1(C)C.CC1(C)OB(c2cccc3oc4ccc5ccccc5c4c23)OC1(C)C.O[B]Oc1cccc2oc3ccc4ccccc4c3c12. The van der Waals surface area contributed by atoms with Gasteiger partial charge >= 0.3 is 21.9 Å². The van der Waals surface area contributed by atoms with E-state index in [1.54, 1.807) is 0 Å². The standard InChI is InChI=1S/2C22H21BO3.C16H10BO3/c1-21(2)22(3,4)26-23(25-21)16-10-7-11-17-20(16)19-15-9-6-5-8-14(15)12-13-18(19)24-17;1-21(2)22(3,4)26-23(25-21)15-10-12-18-17(13-15)20-16-8-6-5-7-14(16)9-11-19(20)24-18;18-17-20-14-7-3-6-12-16(14)15-11-5-2-1-4-10(11)8-9-13(15)19-12/h2*5-13H,1-4H3;1-9,18H. The molecule has 0 saturated carbocycles. The van der Waals surface area contributed by atoms with Gasteiger partial charge in [-0.3, -0.25) is 0 Å². The maximum Gasteiger partial charge on any atom is 0.569 e. The normalized spacial score (nSPS) is 16.8. The van der Waals surface area contributed by atoms with Crippen LogP contribution in [0.15, 0.2) is 177 Å². The molecule has 0 spiro atoms. The average Bonchev–Trinajstić information content (AvgIpc) is 4.16. The van der Waals surface area contributed by atoms with E-state index in [1.807, 2.05) is 78.9 Å². The summed E-state index contributed by atoms with van der Waals surface area (Å²) in [5, 5.41) is 22.3. The van der Waals surface area contributed by atoms with Gasteiger partial charge < -0.3 is 41.5 Å². The average molecular weight is 950 g/mol. The summed E-state index contributed by atoms with van der Waals surface area (Å²) >= 11 is 0. The summed E-state index contributed by atoms with van der Waals surface area (Å²) in [5.74, 6) is 0.583. The van der Waals surface area contributed by atoms with Crippen LogP contribution < -0.4 is 15.6 Å². The van der Waals surface area contributed by atoms with Gasteiger partial charge in [0.1, 0.15) is 39.2 Å². The smallest absolute Gasteiger partial charge is 0.537 e. The molecule has 14 rings (SSSR count). The van der Waals surface area contributed by atoms with Crippen LogP contribution >= 0.6 is 0 Å². The van der Waals surface area contributed by atoms with Gasteiger partial charge in [0.25, 0.3) is 0 Å². The van der Waals surface area contributed by atoms with Crippen molar-refractivity contribution in [2.75, 3.05) is 0 Å². The topological polar surface area (TPSA) is 106 Å². The van der Waals surface area contributed by atoms with Crippen molar-refractivity contribution >= 4 is 131 Å². The first-order valence-electron chi connectivity index (χ1n) is 24.4. The fourth-order valence-corrected chi connectivity index (χ4v) is 10.2. The van der Waals surface area contributed by atoms with Crippen LogP contribution in [0.1, 0.15) is 55.4 Å². The number of benzene rings is 9. The van der Waals surface area contributed by atoms with Crippen molar-refractivity contribution in [1.82, 2.24) is 0 Å². The van der Waals surface area contributed by atoms with Gasteiger partial charge in [-0.05, 0) is 141 Å². The number of rotatable bonds is 4. The molecule has 0 amide bonds. The van der Waals surface area contributed by atoms with Crippen LogP contribution in [0.4, 0.5) is 0 Å². The Bertz CT molecular complexity index is 4040. The van der Waals surface area contributed by atoms with E-state index < -0.39 is 7.12 Å². The zero-order valence-corrected chi connectivity index (χ0v) is 41.5. The number of furan rings is 3. The minimum absolute atomic E-state index is 0.349. The van der Waals surface area contributed by atoms with Crippen LogP contribution in [0.5, 0.6) is 5.75 Å². The molecule has 5 heterocycles. The number of hydrogen-bond acceptors (Lipinski definition) is 9. The van der Waals surface area contributed by atoms with E-state index in [1.165, 1.54) is 21.5 Å². The van der Waals surface area contributed by atoms with Crippen LogP contribution in [0.25, 0.3) is 98.1 Å². The lowest BCUT2D eigenvalue weighted by Gasteiger charge is -2.32. The number of fused-ring (bicyclic) bond motifs is 15. The van der Waals surface area contributed by atoms with Gasteiger partial charge in [0.2, 0.25) is 0 Å². The predicted octanol–water partition coefficient (Wildman–Crippen LogP) is 13.7. The molecule has 72 heavy (non-hydrogen) atoms. The second-order valence-electron chi connectivity index (χ2n) is 20.8. The Kier molecular flexibility index (Phi) is 10.9. The van der Waals surface area contributed by atoms with Crippen LogP contribution in [0.2, 0.25) is 0 Å². The Morgan fingerprint density at radius 3 is 1.33 bits per heavy atom. The van der Waals surface area contributed by atoms with Crippen LogP contribution in [-0.2, 0) is 18.6 Å². The third-order valence-corrected chi connectivity index (χ3v) is 15.4. The zero-order valence-electron chi connectivity index (χ0n) is 41.5. The highest BCUT2D eigenvalue weighted by molar-refractivity contribution is 6.66. The second-order valence-corrected chi connectivity index (χ2v) is 20.8. The first kappa shape index (κ1) is 46.1. The minimum atomic E-state index is -0.413. The molecule has 1 radical (unpaired) electrons. The molecule has 2 saturated heterocycles. The molecular weight excluding hydrogens is 897 g/mol. The highest BCUT2D eigenvalue weighted by Gasteiger charge is 2.53. The molecule has 355 valence electrons. The number of hydrogen-bond donors (Lipinski definition) is 1. The van der Waals surface area contributed by atoms with Gasteiger partial charge in [0.15, 0.2) is 0 Å². The van der Waals surface area contributed by atoms with Crippen LogP contribution in [-0.4, -0.2) is 49.4 Å². The van der Waals surface area contributed by atoms with E-state index in [0.29, 0.717) is 13.4 Å². The van der Waals surface area contributed by atoms with Crippen molar-refractivity contribution in [3.8, 4) is 5.75 Å². The lowest BCUT2D eigenvalue weighted by Crippen LogP contribution is -2.41. The van der Waals surface area contributed by atoms with Crippen molar-refractivity contribution in [3.05, 3.63) is 164 Å². The highest BCUT2D eigenvalue weighted by atomic mass is 16.7. The van der Waals surface area contributed by atoms with E-state index >= 15 is 0 Å². The largest absolute Gasteiger partial charge is 0.569 e. The Morgan fingerprint density at radius 1 is 0.375 bits per heavy atom. The van der Waals surface area contributed by atoms with Gasteiger partial charge in [-0.2, -0.15) is 0 Å². The Hall–Kier alpha value is -7.05. The first-order valence-corrected chi connectivity index (χ1v) is 24.4. The molecular formula is C60H52B3O9. The maximum absolute atomic E-state index is 8.92. The summed E-state index contributed by atoms with van der Waals surface area (Å²) in [5.41, 5.74) is 5.71. The fraction of sp³-hybridized carbons (Fsp3) is 0.200. The molecule has 9 aromatic carbocycles. The van der Waals surface area contributed by atoms with Crippen LogP contribution in [0.3, 0.4) is 0 Å². The van der Waals surface area contributed by atoms with E-state index in [2.05, 4.69) is 140 Å². The Labute approximate surface area is 418 Å².